The molecule has 0 bridgehead atoms. The molecule has 2 aromatic heterocycles. The maximum Gasteiger partial charge on any atom is 0.260 e. The molecular formula is C23H15ClN2O2. The van der Waals surface area contributed by atoms with Crippen molar-refractivity contribution in [1.29, 1.82) is 0 Å². The zero-order valence-corrected chi connectivity index (χ0v) is 15.5. The van der Waals surface area contributed by atoms with Crippen molar-refractivity contribution in [1.82, 2.24) is 9.97 Å². The fourth-order valence-electron chi connectivity index (χ4n) is 3.12. The Labute approximate surface area is 166 Å². The highest BCUT2D eigenvalue weighted by Crippen LogP contribution is 2.31. The van der Waals surface area contributed by atoms with Gasteiger partial charge in [0.05, 0.1) is 11.3 Å². The smallest absolute Gasteiger partial charge is 0.260 e. The van der Waals surface area contributed by atoms with Crippen LogP contribution in [-0.2, 0) is 0 Å². The number of allylic oxidation sites excluding steroid dienone is 1. The van der Waals surface area contributed by atoms with Gasteiger partial charge in [-0.15, -0.1) is 0 Å². The average Bonchev–Trinajstić information content (AvgIpc) is 2.73. The first-order valence-electron chi connectivity index (χ1n) is 8.68. The summed E-state index contributed by atoms with van der Waals surface area (Å²) in [5.41, 5.74) is 2.24. The van der Waals surface area contributed by atoms with Gasteiger partial charge in [0.15, 0.2) is 5.78 Å². The van der Waals surface area contributed by atoms with Crippen LogP contribution >= 0.6 is 11.6 Å². The molecule has 5 heteroatoms. The topological polar surface area (TPSA) is 62.8 Å². The molecule has 0 unspecified atom stereocenters. The Kier molecular flexibility index (Phi) is 4.87. The van der Waals surface area contributed by atoms with Crippen molar-refractivity contribution in [2.45, 2.75) is 0 Å². The SMILES string of the molecule is O=C(/C=C/c1ccccn1)c1c(-c2ccccc2)c2cc(Cl)ccc2[nH]c1=O. The number of H-pyrrole nitrogens is 1. The van der Waals surface area contributed by atoms with E-state index in [1.165, 1.54) is 6.08 Å². The van der Waals surface area contributed by atoms with Crippen molar-refractivity contribution in [3.8, 4) is 11.1 Å². The maximum atomic E-state index is 13.0. The summed E-state index contributed by atoms with van der Waals surface area (Å²) in [4.78, 5) is 32.8. The van der Waals surface area contributed by atoms with Crippen LogP contribution in [0.15, 0.2) is 83.8 Å². The quantitative estimate of drug-likeness (QED) is 0.390. The lowest BCUT2D eigenvalue weighted by atomic mass is 9.94. The van der Waals surface area contributed by atoms with Gasteiger partial charge in [-0.1, -0.05) is 48.0 Å². The minimum Gasteiger partial charge on any atom is -0.321 e. The lowest BCUT2D eigenvalue weighted by molar-refractivity contribution is 0.104. The fourth-order valence-corrected chi connectivity index (χ4v) is 3.30. The Balaban J connectivity index is 1.95. The standard InChI is InChI=1S/C23H15ClN2O2/c24-16-9-11-19-18(14-16)21(15-6-2-1-3-7-15)22(23(28)26-19)20(27)12-10-17-8-4-5-13-25-17/h1-14H,(H,26,28)/b12-10+. The van der Waals surface area contributed by atoms with Crippen LogP contribution in [0.5, 0.6) is 0 Å². The van der Waals surface area contributed by atoms with Gasteiger partial charge in [-0.05, 0) is 48.0 Å². The van der Waals surface area contributed by atoms with Gasteiger partial charge in [0.2, 0.25) is 0 Å². The van der Waals surface area contributed by atoms with E-state index < -0.39 is 11.3 Å². The van der Waals surface area contributed by atoms with Gasteiger partial charge in [-0.2, -0.15) is 0 Å². The van der Waals surface area contributed by atoms with E-state index >= 15 is 0 Å². The molecule has 0 spiro atoms. The van der Waals surface area contributed by atoms with Gasteiger partial charge < -0.3 is 4.98 Å². The van der Waals surface area contributed by atoms with Crippen LogP contribution in [0.25, 0.3) is 28.1 Å². The highest BCUT2D eigenvalue weighted by Gasteiger charge is 2.19. The molecule has 0 saturated heterocycles. The highest BCUT2D eigenvalue weighted by molar-refractivity contribution is 6.31. The van der Waals surface area contributed by atoms with E-state index in [1.807, 2.05) is 36.4 Å². The second-order valence-electron chi connectivity index (χ2n) is 6.21. The lowest BCUT2D eigenvalue weighted by Gasteiger charge is -2.11. The van der Waals surface area contributed by atoms with E-state index in [9.17, 15) is 9.59 Å². The van der Waals surface area contributed by atoms with Gasteiger partial charge in [0.1, 0.15) is 0 Å². The number of hydrogen-bond donors (Lipinski definition) is 1. The second kappa shape index (κ2) is 7.62. The summed E-state index contributed by atoms with van der Waals surface area (Å²) in [6.45, 7) is 0. The molecule has 2 aromatic carbocycles. The third-order valence-corrected chi connectivity index (χ3v) is 4.61. The van der Waals surface area contributed by atoms with E-state index in [2.05, 4.69) is 9.97 Å². The van der Waals surface area contributed by atoms with Crippen molar-refractivity contribution >= 4 is 34.4 Å². The molecule has 0 aliphatic heterocycles. The molecule has 0 fully saturated rings. The Morgan fingerprint density at radius 1 is 1.00 bits per heavy atom. The number of rotatable bonds is 4. The molecule has 2 heterocycles. The molecule has 4 rings (SSSR count). The summed E-state index contributed by atoms with van der Waals surface area (Å²) in [7, 11) is 0. The van der Waals surface area contributed by atoms with E-state index in [-0.39, 0.29) is 5.56 Å². The summed E-state index contributed by atoms with van der Waals surface area (Å²) < 4.78 is 0. The Morgan fingerprint density at radius 2 is 1.79 bits per heavy atom. The van der Waals surface area contributed by atoms with E-state index in [0.29, 0.717) is 27.2 Å². The molecule has 0 aliphatic carbocycles. The molecule has 0 aliphatic rings. The minimum absolute atomic E-state index is 0.0770. The fraction of sp³-hybridized carbons (Fsp3) is 0. The average molecular weight is 387 g/mol. The van der Waals surface area contributed by atoms with Crippen molar-refractivity contribution in [3.63, 3.8) is 0 Å². The molecule has 0 amide bonds. The van der Waals surface area contributed by atoms with Crippen molar-refractivity contribution < 1.29 is 4.79 Å². The Bertz CT molecular complexity index is 1250. The molecule has 4 nitrogen and oxygen atoms in total. The number of nitrogens with zero attached hydrogens (tertiary/aromatic N) is 1. The normalized spacial score (nSPS) is 11.2. The number of aromatic amines is 1. The first kappa shape index (κ1) is 17.9. The largest absolute Gasteiger partial charge is 0.321 e. The van der Waals surface area contributed by atoms with E-state index in [1.54, 1.807) is 42.6 Å². The zero-order valence-electron chi connectivity index (χ0n) is 14.7. The van der Waals surface area contributed by atoms with Crippen LogP contribution in [0.4, 0.5) is 0 Å². The van der Waals surface area contributed by atoms with Crippen LogP contribution in [0.2, 0.25) is 5.02 Å². The van der Waals surface area contributed by atoms with Crippen LogP contribution in [0, 0.1) is 0 Å². The number of benzene rings is 2. The molecule has 1 N–H and O–H groups in total. The molecule has 136 valence electrons. The predicted molar refractivity (Wildman–Crippen MR) is 113 cm³/mol. The number of fused-ring (bicyclic) bond motifs is 1. The first-order chi connectivity index (χ1) is 13.6. The van der Waals surface area contributed by atoms with E-state index in [4.69, 9.17) is 11.6 Å². The summed E-state index contributed by atoms with van der Waals surface area (Å²) in [6, 6.07) is 20.0. The number of carbonyl (C=O) groups is 1. The summed E-state index contributed by atoms with van der Waals surface area (Å²) >= 11 is 6.19. The summed E-state index contributed by atoms with van der Waals surface area (Å²) in [5, 5.41) is 1.24. The second-order valence-corrected chi connectivity index (χ2v) is 6.65. The van der Waals surface area contributed by atoms with Gasteiger partial charge in [-0.3, -0.25) is 14.6 Å². The third-order valence-electron chi connectivity index (χ3n) is 4.38. The molecule has 28 heavy (non-hydrogen) atoms. The predicted octanol–water partition coefficient (Wildman–Crippen LogP) is 5.14. The molecule has 0 radical (unpaired) electrons. The number of nitrogens with one attached hydrogen (secondary N) is 1. The third kappa shape index (κ3) is 3.50. The zero-order chi connectivity index (χ0) is 19.5. The van der Waals surface area contributed by atoms with Crippen LogP contribution in [0.3, 0.4) is 0 Å². The summed E-state index contributed by atoms with van der Waals surface area (Å²) in [5.74, 6) is -0.396. The van der Waals surface area contributed by atoms with Crippen LogP contribution in [0.1, 0.15) is 16.1 Å². The number of halogens is 1. The number of pyridine rings is 2. The molecule has 4 aromatic rings. The first-order valence-corrected chi connectivity index (χ1v) is 9.06. The van der Waals surface area contributed by atoms with Crippen LogP contribution < -0.4 is 5.56 Å². The lowest BCUT2D eigenvalue weighted by Crippen LogP contribution is -2.18. The number of hydrogen-bond acceptors (Lipinski definition) is 3. The van der Waals surface area contributed by atoms with Crippen molar-refractivity contribution in [3.05, 3.63) is 106 Å². The molecular weight excluding hydrogens is 372 g/mol. The van der Waals surface area contributed by atoms with Crippen LogP contribution in [-0.4, -0.2) is 15.8 Å². The van der Waals surface area contributed by atoms with Gasteiger partial charge >= 0.3 is 0 Å². The van der Waals surface area contributed by atoms with Crippen molar-refractivity contribution in [2.24, 2.45) is 0 Å². The van der Waals surface area contributed by atoms with Crippen molar-refractivity contribution in [2.75, 3.05) is 0 Å². The molecule has 0 saturated carbocycles. The monoisotopic (exact) mass is 386 g/mol. The molecule has 0 atom stereocenters. The maximum absolute atomic E-state index is 13.0. The highest BCUT2D eigenvalue weighted by atomic mass is 35.5. The van der Waals surface area contributed by atoms with E-state index in [0.717, 1.165) is 5.56 Å². The minimum atomic E-state index is -0.440. The number of carbonyl (C=O) groups excluding carboxylic acids is 1. The Morgan fingerprint density at radius 3 is 2.54 bits per heavy atom. The van der Waals surface area contributed by atoms with Gasteiger partial charge in [0, 0.05) is 27.7 Å². The number of aromatic nitrogens is 2. The summed E-state index contributed by atoms with van der Waals surface area (Å²) in [6.07, 6.45) is 4.61. The number of ketones is 1. The Hall–Kier alpha value is -3.50. The van der Waals surface area contributed by atoms with Gasteiger partial charge in [0.25, 0.3) is 5.56 Å². The van der Waals surface area contributed by atoms with Gasteiger partial charge in [-0.25, -0.2) is 0 Å².